The van der Waals surface area contributed by atoms with E-state index < -0.39 is 5.92 Å². The average Bonchev–Trinajstić information content (AvgIpc) is 3.34. The van der Waals surface area contributed by atoms with Crippen LogP contribution in [0.25, 0.3) is 0 Å². The van der Waals surface area contributed by atoms with E-state index in [9.17, 15) is 14.4 Å². The summed E-state index contributed by atoms with van der Waals surface area (Å²) >= 11 is 0. The Kier molecular flexibility index (Phi) is 8.65. The van der Waals surface area contributed by atoms with E-state index in [0.717, 1.165) is 5.69 Å². The average molecular weight is 519 g/mol. The largest absolute Gasteiger partial charge is 0.494 e. The molecule has 1 heterocycles. The molecule has 10 heteroatoms. The van der Waals surface area contributed by atoms with Gasteiger partial charge in [-0.25, -0.2) is 0 Å². The summed E-state index contributed by atoms with van der Waals surface area (Å²) in [6.45, 7) is 2.44. The number of hydrogen-bond donors (Lipinski definition) is 3. The van der Waals surface area contributed by atoms with Gasteiger partial charge in [0.15, 0.2) is 18.1 Å². The number of carbonyl (C=O) groups excluding carboxylic acids is 3. The number of nitrogens with one attached hydrogen (secondary N) is 3. The van der Waals surface area contributed by atoms with Gasteiger partial charge in [0.2, 0.25) is 11.8 Å². The molecule has 0 bridgehead atoms. The number of hydrazine groups is 1. The van der Waals surface area contributed by atoms with Crippen molar-refractivity contribution in [1.82, 2.24) is 5.43 Å². The van der Waals surface area contributed by atoms with E-state index in [1.54, 1.807) is 47.4 Å². The number of carbonyl (C=O) groups is 3. The van der Waals surface area contributed by atoms with Gasteiger partial charge in [-0.15, -0.1) is 0 Å². The molecule has 1 fully saturated rings. The van der Waals surface area contributed by atoms with Crippen molar-refractivity contribution in [3.05, 3.63) is 72.8 Å². The fourth-order valence-corrected chi connectivity index (χ4v) is 4.03. The van der Waals surface area contributed by atoms with E-state index >= 15 is 0 Å². The summed E-state index contributed by atoms with van der Waals surface area (Å²) in [6, 6.07) is 21.3. The molecular weight excluding hydrogens is 488 g/mol. The second-order valence-electron chi connectivity index (χ2n) is 8.49. The Morgan fingerprint density at radius 1 is 0.974 bits per heavy atom. The zero-order valence-corrected chi connectivity index (χ0v) is 21.2. The van der Waals surface area contributed by atoms with Gasteiger partial charge in [0.05, 0.1) is 25.3 Å². The predicted molar refractivity (Wildman–Crippen MR) is 143 cm³/mol. The monoisotopic (exact) mass is 518 g/mol. The van der Waals surface area contributed by atoms with Gasteiger partial charge < -0.3 is 24.4 Å². The second kappa shape index (κ2) is 12.5. The number of ether oxygens (including phenoxy) is 3. The maximum absolute atomic E-state index is 12.8. The van der Waals surface area contributed by atoms with E-state index in [-0.39, 0.29) is 43.0 Å². The Morgan fingerprint density at radius 3 is 2.45 bits per heavy atom. The molecule has 3 amide bonds. The van der Waals surface area contributed by atoms with Crippen LogP contribution in [0.4, 0.5) is 17.1 Å². The van der Waals surface area contributed by atoms with Gasteiger partial charge in [-0.3, -0.25) is 25.2 Å². The highest BCUT2D eigenvalue weighted by atomic mass is 16.5. The number of methoxy groups -OCH3 is 1. The van der Waals surface area contributed by atoms with Crippen molar-refractivity contribution < 1.29 is 28.6 Å². The summed E-state index contributed by atoms with van der Waals surface area (Å²) in [5.74, 6) is 0.00271. The van der Waals surface area contributed by atoms with Crippen LogP contribution in [0.1, 0.15) is 13.3 Å². The Labute approximate surface area is 220 Å². The summed E-state index contributed by atoms with van der Waals surface area (Å²) in [4.78, 5) is 39.4. The van der Waals surface area contributed by atoms with E-state index in [1.165, 1.54) is 7.11 Å². The maximum Gasteiger partial charge on any atom is 0.262 e. The number of anilines is 3. The number of benzene rings is 3. The Balaban J connectivity index is 1.35. The SMILES string of the molecule is CCOc1ccc(NC(=O)COc2c(NNC(=O)[C@@H]3CC(=O)N(c4ccccc4)C3)cccc2OC)cc1. The van der Waals surface area contributed by atoms with Crippen LogP contribution in [0.5, 0.6) is 17.2 Å². The quantitative estimate of drug-likeness (QED) is 0.332. The maximum atomic E-state index is 12.8. The van der Waals surface area contributed by atoms with Crippen molar-refractivity contribution in [2.75, 3.05) is 42.5 Å². The first kappa shape index (κ1) is 26.3. The Hall–Kier alpha value is -4.73. The molecular formula is C28H30N4O6. The molecule has 10 nitrogen and oxygen atoms in total. The van der Waals surface area contributed by atoms with E-state index in [1.807, 2.05) is 37.3 Å². The highest BCUT2D eigenvalue weighted by molar-refractivity contribution is 6.00. The fraction of sp³-hybridized carbons (Fsp3) is 0.250. The van der Waals surface area contributed by atoms with Crippen LogP contribution in [-0.4, -0.2) is 44.6 Å². The standard InChI is InChI=1S/C28H30N4O6/c1-3-37-22-14-12-20(13-15-22)29-25(33)18-38-27-23(10-7-11-24(27)36-2)30-31-28(35)19-16-26(34)32(17-19)21-8-5-4-6-9-21/h4-15,19,30H,3,16-18H2,1-2H3,(H,29,33)(H,31,35)/t19-/m1/s1. The zero-order chi connectivity index (χ0) is 26.9. The van der Waals surface area contributed by atoms with E-state index in [4.69, 9.17) is 14.2 Å². The van der Waals surface area contributed by atoms with Crippen LogP contribution >= 0.6 is 0 Å². The van der Waals surface area contributed by atoms with E-state index in [2.05, 4.69) is 16.2 Å². The first-order valence-electron chi connectivity index (χ1n) is 12.2. The molecule has 0 saturated carbocycles. The number of amides is 3. The van der Waals surface area contributed by atoms with Gasteiger partial charge in [-0.05, 0) is 55.5 Å². The first-order chi connectivity index (χ1) is 18.5. The molecule has 198 valence electrons. The minimum absolute atomic E-state index is 0.107. The summed E-state index contributed by atoms with van der Waals surface area (Å²) in [6.07, 6.45) is 0.107. The topological polar surface area (TPSA) is 118 Å². The highest BCUT2D eigenvalue weighted by Crippen LogP contribution is 2.35. The lowest BCUT2D eigenvalue weighted by molar-refractivity contribution is -0.125. The molecule has 0 radical (unpaired) electrons. The number of hydrogen-bond acceptors (Lipinski definition) is 7. The number of para-hydroxylation sites is 2. The lowest BCUT2D eigenvalue weighted by Gasteiger charge is -2.18. The van der Waals surface area contributed by atoms with Crippen molar-refractivity contribution in [3.8, 4) is 17.2 Å². The first-order valence-corrected chi connectivity index (χ1v) is 12.2. The molecule has 1 aliphatic heterocycles. The Bertz CT molecular complexity index is 1270. The van der Waals surface area contributed by atoms with E-state index in [0.29, 0.717) is 29.5 Å². The van der Waals surface area contributed by atoms with Gasteiger partial charge >= 0.3 is 0 Å². The van der Waals surface area contributed by atoms with Crippen LogP contribution in [0.3, 0.4) is 0 Å². The third-order valence-electron chi connectivity index (χ3n) is 5.88. The van der Waals surface area contributed by atoms with Crippen molar-refractivity contribution in [2.45, 2.75) is 13.3 Å². The van der Waals surface area contributed by atoms with Gasteiger partial charge in [0.25, 0.3) is 5.91 Å². The third-order valence-corrected chi connectivity index (χ3v) is 5.88. The van der Waals surface area contributed by atoms with Gasteiger partial charge in [-0.2, -0.15) is 0 Å². The molecule has 1 aliphatic rings. The van der Waals surface area contributed by atoms with Crippen LogP contribution < -0.4 is 35.3 Å². The van der Waals surface area contributed by atoms with Crippen molar-refractivity contribution in [3.63, 3.8) is 0 Å². The molecule has 3 aromatic carbocycles. The molecule has 0 aliphatic carbocycles. The zero-order valence-electron chi connectivity index (χ0n) is 21.2. The minimum Gasteiger partial charge on any atom is -0.494 e. The minimum atomic E-state index is -0.523. The molecule has 0 spiro atoms. The van der Waals surface area contributed by atoms with Gasteiger partial charge in [-0.1, -0.05) is 24.3 Å². The molecule has 0 unspecified atom stereocenters. The lowest BCUT2D eigenvalue weighted by Crippen LogP contribution is -2.36. The van der Waals surface area contributed by atoms with Gasteiger partial charge in [0.1, 0.15) is 5.75 Å². The molecule has 1 saturated heterocycles. The van der Waals surface area contributed by atoms with Crippen molar-refractivity contribution in [2.24, 2.45) is 5.92 Å². The summed E-state index contributed by atoms with van der Waals surface area (Å²) < 4.78 is 16.6. The van der Waals surface area contributed by atoms with Crippen molar-refractivity contribution >= 4 is 34.8 Å². The predicted octanol–water partition coefficient (Wildman–Crippen LogP) is 3.61. The third kappa shape index (κ3) is 6.52. The van der Waals surface area contributed by atoms with Crippen molar-refractivity contribution in [1.29, 1.82) is 0 Å². The molecule has 38 heavy (non-hydrogen) atoms. The van der Waals surface area contributed by atoms with Crippen LogP contribution in [0.15, 0.2) is 72.8 Å². The molecule has 0 aromatic heterocycles. The summed E-state index contributed by atoms with van der Waals surface area (Å²) in [7, 11) is 1.48. The fourth-order valence-electron chi connectivity index (χ4n) is 4.03. The molecule has 4 rings (SSSR count). The van der Waals surface area contributed by atoms with Gasteiger partial charge in [0, 0.05) is 24.3 Å². The second-order valence-corrected chi connectivity index (χ2v) is 8.49. The molecule has 3 aromatic rings. The molecule has 1 atom stereocenters. The summed E-state index contributed by atoms with van der Waals surface area (Å²) in [5, 5.41) is 2.76. The number of nitrogens with zero attached hydrogens (tertiary/aromatic N) is 1. The lowest BCUT2D eigenvalue weighted by atomic mass is 10.1. The van der Waals surface area contributed by atoms with Crippen LogP contribution in [-0.2, 0) is 14.4 Å². The smallest absolute Gasteiger partial charge is 0.262 e. The number of rotatable bonds is 11. The van der Waals surface area contributed by atoms with Crippen LogP contribution in [0.2, 0.25) is 0 Å². The van der Waals surface area contributed by atoms with Crippen LogP contribution in [0, 0.1) is 5.92 Å². The highest BCUT2D eigenvalue weighted by Gasteiger charge is 2.35. The normalized spacial score (nSPS) is 14.5. The molecule has 3 N–H and O–H groups in total. The Morgan fingerprint density at radius 2 is 1.74 bits per heavy atom. The summed E-state index contributed by atoms with van der Waals surface area (Å²) in [5.41, 5.74) is 7.25.